The highest BCUT2D eigenvalue weighted by atomic mass is 19.1. The second-order valence-corrected chi connectivity index (χ2v) is 4.95. The number of amides is 1. The molecule has 2 aromatic rings. The van der Waals surface area contributed by atoms with Gasteiger partial charge in [-0.15, -0.1) is 5.10 Å². The second-order valence-electron chi connectivity index (χ2n) is 4.95. The van der Waals surface area contributed by atoms with Gasteiger partial charge in [0.05, 0.1) is 11.4 Å². The molecular weight excluding hydrogens is 275 g/mol. The fourth-order valence-electron chi connectivity index (χ4n) is 1.92. The monoisotopic (exact) mass is 290 g/mol. The Morgan fingerprint density at radius 1 is 1.43 bits per heavy atom. The van der Waals surface area contributed by atoms with Crippen molar-refractivity contribution in [2.75, 3.05) is 11.9 Å². The van der Waals surface area contributed by atoms with E-state index in [-0.39, 0.29) is 11.6 Å². The predicted molar refractivity (Wildman–Crippen MR) is 73.4 cm³/mol. The van der Waals surface area contributed by atoms with Gasteiger partial charge >= 0.3 is 0 Å². The summed E-state index contributed by atoms with van der Waals surface area (Å²) in [6.45, 7) is 0.602. The van der Waals surface area contributed by atoms with E-state index in [9.17, 15) is 9.18 Å². The molecule has 1 saturated carbocycles. The lowest BCUT2D eigenvalue weighted by Crippen LogP contribution is -2.23. The van der Waals surface area contributed by atoms with Crippen LogP contribution in [-0.2, 0) is 4.79 Å². The summed E-state index contributed by atoms with van der Waals surface area (Å²) in [4.78, 5) is 11.8. The molecule has 110 valence electrons. The number of anilines is 1. The molecule has 1 aliphatic rings. The Hall–Kier alpha value is -2.35. The molecule has 21 heavy (non-hydrogen) atoms. The van der Waals surface area contributed by atoms with Gasteiger partial charge in [-0.25, -0.2) is 9.07 Å². The molecule has 0 spiro atoms. The van der Waals surface area contributed by atoms with E-state index in [4.69, 9.17) is 0 Å². The fraction of sp³-hybridized carbons (Fsp3) is 0.385. The van der Waals surface area contributed by atoms with Crippen LogP contribution in [0.1, 0.15) is 19.3 Å². The largest absolute Gasteiger partial charge is 0.323 e. The molecule has 0 radical (unpaired) electrons. The van der Waals surface area contributed by atoms with Crippen LogP contribution in [0, 0.1) is 5.82 Å². The normalized spacial score (nSPS) is 14.1. The predicted octanol–water partition coefficient (Wildman–Crippen LogP) is 0.882. The maximum Gasteiger partial charge on any atom is 0.225 e. The molecule has 1 amide bonds. The van der Waals surface area contributed by atoms with Gasteiger partial charge in [0.1, 0.15) is 12.1 Å². The van der Waals surface area contributed by atoms with Gasteiger partial charge in [0.2, 0.25) is 5.91 Å². The van der Waals surface area contributed by atoms with Crippen molar-refractivity contribution in [3.8, 4) is 5.69 Å². The maximum atomic E-state index is 13.7. The molecule has 1 heterocycles. The number of carbonyl (C=O) groups excluding carboxylic acids is 1. The van der Waals surface area contributed by atoms with Gasteiger partial charge in [-0.05, 0) is 41.5 Å². The number of hydrogen-bond donors (Lipinski definition) is 2. The summed E-state index contributed by atoms with van der Waals surface area (Å²) in [5.74, 6) is -0.716. The van der Waals surface area contributed by atoms with E-state index in [0.717, 1.165) is 0 Å². The number of aromatic nitrogens is 4. The summed E-state index contributed by atoms with van der Waals surface area (Å²) in [6, 6.07) is 4.86. The first-order valence-corrected chi connectivity index (χ1v) is 6.78. The molecule has 0 bridgehead atoms. The molecule has 0 aliphatic heterocycles. The van der Waals surface area contributed by atoms with Crippen molar-refractivity contribution in [3.05, 3.63) is 30.3 Å². The number of nitrogens with zero attached hydrogens (tertiary/aromatic N) is 4. The Morgan fingerprint density at radius 3 is 3.00 bits per heavy atom. The highest BCUT2D eigenvalue weighted by molar-refractivity contribution is 5.91. The maximum absolute atomic E-state index is 13.7. The third-order valence-corrected chi connectivity index (χ3v) is 3.20. The van der Waals surface area contributed by atoms with Gasteiger partial charge in [0.25, 0.3) is 0 Å². The zero-order chi connectivity index (χ0) is 14.7. The minimum absolute atomic E-state index is 0.124. The number of halogens is 1. The SMILES string of the molecule is O=C(CCNC1CC1)Nc1cc(-n2cnnn2)ccc1F. The zero-order valence-electron chi connectivity index (χ0n) is 11.3. The van der Waals surface area contributed by atoms with Gasteiger partial charge in [0.15, 0.2) is 0 Å². The first kappa shape index (κ1) is 13.6. The lowest BCUT2D eigenvalue weighted by Gasteiger charge is -2.08. The van der Waals surface area contributed by atoms with Crippen LogP contribution in [0.15, 0.2) is 24.5 Å². The standard InChI is InChI=1S/C13H15FN6O/c14-11-4-3-10(20-8-16-18-19-20)7-12(11)17-13(21)5-6-15-9-1-2-9/h3-4,7-9,15H,1-2,5-6H2,(H,17,21). The van der Waals surface area contributed by atoms with E-state index in [2.05, 4.69) is 26.2 Å². The van der Waals surface area contributed by atoms with Crippen LogP contribution in [0.2, 0.25) is 0 Å². The Labute approximate surface area is 120 Å². The Balaban J connectivity index is 1.63. The zero-order valence-corrected chi connectivity index (χ0v) is 11.3. The summed E-state index contributed by atoms with van der Waals surface area (Å²) in [5, 5.41) is 16.6. The molecule has 1 aromatic carbocycles. The summed E-state index contributed by atoms with van der Waals surface area (Å²) < 4.78 is 15.1. The summed E-state index contributed by atoms with van der Waals surface area (Å²) in [7, 11) is 0. The molecule has 8 heteroatoms. The van der Waals surface area contributed by atoms with Crippen molar-refractivity contribution in [3.63, 3.8) is 0 Å². The lowest BCUT2D eigenvalue weighted by molar-refractivity contribution is -0.116. The van der Waals surface area contributed by atoms with Crippen molar-refractivity contribution in [2.45, 2.75) is 25.3 Å². The van der Waals surface area contributed by atoms with Gasteiger partial charge in [-0.2, -0.15) is 0 Å². The Kier molecular flexibility index (Phi) is 3.87. The number of nitrogens with one attached hydrogen (secondary N) is 2. The average Bonchev–Trinajstić information content (AvgIpc) is 3.13. The minimum Gasteiger partial charge on any atom is -0.323 e. The fourth-order valence-corrected chi connectivity index (χ4v) is 1.92. The van der Waals surface area contributed by atoms with Crippen molar-refractivity contribution in [1.29, 1.82) is 0 Å². The molecular formula is C13H15FN6O. The van der Waals surface area contributed by atoms with E-state index >= 15 is 0 Å². The van der Waals surface area contributed by atoms with E-state index in [1.807, 2.05) is 0 Å². The van der Waals surface area contributed by atoms with Crippen molar-refractivity contribution in [1.82, 2.24) is 25.5 Å². The van der Waals surface area contributed by atoms with Gasteiger partial charge in [-0.3, -0.25) is 4.79 Å². The van der Waals surface area contributed by atoms with E-state index in [1.165, 1.54) is 42.0 Å². The number of rotatable bonds is 6. The number of carbonyl (C=O) groups is 1. The molecule has 1 fully saturated rings. The van der Waals surface area contributed by atoms with Crippen LogP contribution < -0.4 is 10.6 Å². The second kappa shape index (κ2) is 5.96. The third kappa shape index (κ3) is 3.60. The van der Waals surface area contributed by atoms with Crippen molar-refractivity contribution < 1.29 is 9.18 Å². The smallest absolute Gasteiger partial charge is 0.225 e. The van der Waals surface area contributed by atoms with E-state index in [0.29, 0.717) is 24.7 Å². The van der Waals surface area contributed by atoms with Gasteiger partial charge in [-0.1, -0.05) is 0 Å². The van der Waals surface area contributed by atoms with E-state index < -0.39 is 5.82 Å². The molecule has 0 unspecified atom stereocenters. The molecule has 1 aliphatic carbocycles. The molecule has 2 N–H and O–H groups in total. The van der Waals surface area contributed by atoms with Crippen LogP contribution in [0.25, 0.3) is 5.69 Å². The molecule has 1 aromatic heterocycles. The van der Waals surface area contributed by atoms with Crippen LogP contribution >= 0.6 is 0 Å². The minimum atomic E-state index is -0.490. The van der Waals surface area contributed by atoms with Crippen LogP contribution in [0.4, 0.5) is 10.1 Å². The van der Waals surface area contributed by atoms with E-state index in [1.54, 1.807) is 0 Å². The van der Waals surface area contributed by atoms with Crippen LogP contribution in [-0.4, -0.2) is 38.7 Å². The third-order valence-electron chi connectivity index (χ3n) is 3.20. The first-order chi connectivity index (χ1) is 10.2. The molecule has 0 saturated heterocycles. The first-order valence-electron chi connectivity index (χ1n) is 6.78. The Bertz CT molecular complexity index is 626. The topological polar surface area (TPSA) is 84.7 Å². The summed E-state index contributed by atoms with van der Waals surface area (Å²) in [6.07, 6.45) is 4.05. The molecule has 0 atom stereocenters. The Morgan fingerprint density at radius 2 is 2.29 bits per heavy atom. The van der Waals surface area contributed by atoms with Gasteiger partial charge < -0.3 is 10.6 Å². The number of tetrazole rings is 1. The molecule has 7 nitrogen and oxygen atoms in total. The quantitative estimate of drug-likeness (QED) is 0.825. The van der Waals surface area contributed by atoms with Gasteiger partial charge in [0, 0.05) is 19.0 Å². The highest BCUT2D eigenvalue weighted by Crippen LogP contribution is 2.19. The average molecular weight is 290 g/mol. The summed E-state index contributed by atoms with van der Waals surface area (Å²) in [5.41, 5.74) is 0.701. The highest BCUT2D eigenvalue weighted by Gasteiger charge is 2.20. The van der Waals surface area contributed by atoms with Crippen molar-refractivity contribution >= 4 is 11.6 Å². The molecule has 3 rings (SSSR count). The summed E-state index contributed by atoms with van der Waals surface area (Å²) >= 11 is 0. The number of hydrogen-bond acceptors (Lipinski definition) is 5. The number of benzene rings is 1. The lowest BCUT2D eigenvalue weighted by atomic mass is 10.2. The van der Waals surface area contributed by atoms with Crippen LogP contribution in [0.5, 0.6) is 0 Å². The van der Waals surface area contributed by atoms with Crippen molar-refractivity contribution in [2.24, 2.45) is 0 Å². The van der Waals surface area contributed by atoms with Crippen LogP contribution in [0.3, 0.4) is 0 Å².